The Morgan fingerprint density at radius 3 is 3.00 bits per heavy atom. The summed E-state index contributed by atoms with van der Waals surface area (Å²) in [6, 6.07) is 3.48. The predicted octanol–water partition coefficient (Wildman–Crippen LogP) is 0.0144. The van der Waals surface area contributed by atoms with E-state index in [0.717, 1.165) is 13.1 Å². The lowest BCUT2D eigenvalue weighted by molar-refractivity contribution is 0.136. The van der Waals surface area contributed by atoms with Crippen LogP contribution in [0.25, 0.3) is 0 Å². The van der Waals surface area contributed by atoms with Gasteiger partial charge < -0.3 is 15.8 Å². The van der Waals surface area contributed by atoms with Crippen LogP contribution in [0.2, 0.25) is 0 Å². The maximum Gasteiger partial charge on any atom is 0.215 e. The third kappa shape index (κ3) is 1.48. The molecule has 1 aromatic heterocycles. The summed E-state index contributed by atoms with van der Waals surface area (Å²) in [4.78, 5) is 4.03. The standard InChI is InChI=1S/C8H11N3O/c9-6-1-2-11-8(3-6)12-7-4-10-5-7/h1-3,7,10H,4-5H2,(H2,9,11). The van der Waals surface area contributed by atoms with Crippen molar-refractivity contribution in [2.75, 3.05) is 18.8 Å². The van der Waals surface area contributed by atoms with Gasteiger partial charge in [-0.1, -0.05) is 0 Å². The molecule has 3 N–H and O–H groups in total. The Labute approximate surface area is 70.7 Å². The van der Waals surface area contributed by atoms with Crippen LogP contribution in [0.5, 0.6) is 5.88 Å². The average Bonchev–Trinajstić information content (AvgIpc) is 1.97. The Morgan fingerprint density at radius 2 is 2.42 bits per heavy atom. The summed E-state index contributed by atoms with van der Waals surface area (Å²) in [6.07, 6.45) is 1.91. The highest BCUT2D eigenvalue weighted by Crippen LogP contribution is 2.13. The Hall–Kier alpha value is -1.29. The van der Waals surface area contributed by atoms with Crippen molar-refractivity contribution in [3.05, 3.63) is 18.3 Å². The molecular weight excluding hydrogens is 154 g/mol. The molecule has 64 valence electrons. The molecule has 0 spiro atoms. The fraction of sp³-hybridized carbons (Fsp3) is 0.375. The molecule has 12 heavy (non-hydrogen) atoms. The van der Waals surface area contributed by atoms with E-state index in [1.807, 2.05) is 0 Å². The van der Waals surface area contributed by atoms with E-state index in [1.54, 1.807) is 18.3 Å². The van der Waals surface area contributed by atoms with Gasteiger partial charge in [0.15, 0.2) is 0 Å². The molecule has 1 aliphatic heterocycles. The predicted molar refractivity (Wildman–Crippen MR) is 45.9 cm³/mol. The van der Waals surface area contributed by atoms with Gasteiger partial charge in [0.25, 0.3) is 0 Å². The Kier molecular flexibility index (Phi) is 1.83. The van der Waals surface area contributed by atoms with Crippen molar-refractivity contribution in [1.29, 1.82) is 0 Å². The smallest absolute Gasteiger partial charge is 0.215 e. The second-order valence-electron chi connectivity index (χ2n) is 2.83. The zero-order chi connectivity index (χ0) is 8.39. The molecule has 2 rings (SSSR count). The molecule has 1 aromatic rings. The van der Waals surface area contributed by atoms with Gasteiger partial charge >= 0.3 is 0 Å². The quantitative estimate of drug-likeness (QED) is 0.648. The normalized spacial score (nSPS) is 17.0. The summed E-state index contributed by atoms with van der Waals surface area (Å²) in [6.45, 7) is 1.80. The molecule has 0 bridgehead atoms. The zero-order valence-electron chi connectivity index (χ0n) is 6.66. The molecule has 1 saturated heterocycles. The molecule has 0 atom stereocenters. The first-order chi connectivity index (χ1) is 5.84. The summed E-state index contributed by atoms with van der Waals surface area (Å²) >= 11 is 0. The van der Waals surface area contributed by atoms with Gasteiger partial charge in [0.1, 0.15) is 6.10 Å². The van der Waals surface area contributed by atoms with E-state index in [9.17, 15) is 0 Å². The van der Waals surface area contributed by atoms with Crippen LogP contribution >= 0.6 is 0 Å². The number of hydrogen-bond acceptors (Lipinski definition) is 4. The minimum absolute atomic E-state index is 0.263. The lowest BCUT2D eigenvalue weighted by Crippen LogP contribution is -2.50. The maximum atomic E-state index is 5.56. The largest absolute Gasteiger partial charge is 0.472 e. The highest BCUT2D eigenvalue weighted by molar-refractivity contribution is 5.39. The first kappa shape index (κ1) is 7.36. The van der Waals surface area contributed by atoms with Gasteiger partial charge in [-0.05, 0) is 6.07 Å². The lowest BCUT2D eigenvalue weighted by atomic mass is 10.2. The first-order valence-corrected chi connectivity index (χ1v) is 3.93. The molecule has 2 heterocycles. The summed E-state index contributed by atoms with van der Waals surface area (Å²) in [5, 5.41) is 3.11. The number of nitrogens with zero attached hydrogens (tertiary/aromatic N) is 1. The van der Waals surface area contributed by atoms with E-state index >= 15 is 0 Å². The molecule has 0 amide bonds. The van der Waals surface area contributed by atoms with Crippen LogP contribution < -0.4 is 15.8 Å². The van der Waals surface area contributed by atoms with E-state index in [2.05, 4.69) is 10.3 Å². The van der Waals surface area contributed by atoms with Crippen molar-refractivity contribution < 1.29 is 4.74 Å². The number of hydrogen-bond donors (Lipinski definition) is 2. The van der Waals surface area contributed by atoms with Crippen LogP contribution in [-0.4, -0.2) is 24.2 Å². The van der Waals surface area contributed by atoms with Gasteiger partial charge in [0.05, 0.1) is 0 Å². The van der Waals surface area contributed by atoms with E-state index in [4.69, 9.17) is 10.5 Å². The van der Waals surface area contributed by atoms with Crippen molar-refractivity contribution >= 4 is 5.69 Å². The summed E-state index contributed by atoms with van der Waals surface area (Å²) < 4.78 is 5.48. The Morgan fingerprint density at radius 1 is 1.58 bits per heavy atom. The zero-order valence-corrected chi connectivity index (χ0v) is 6.66. The van der Waals surface area contributed by atoms with E-state index in [0.29, 0.717) is 11.6 Å². The maximum absolute atomic E-state index is 5.56. The monoisotopic (exact) mass is 165 g/mol. The number of aromatic nitrogens is 1. The van der Waals surface area contributed by atoms with Crippen LogP contribution in [0, 0.1) is 0 Å². The molecular formula is C8H11N3O. The number of rotatable bonds is 2. The molecule has 0 radical (unpaired) electrons. The van der Waals surface area contributed by atoms with Crippen molar-refractivity contribution in [1.82, 2.24) is 10.3 Å². The van der Waals surface area contributed by atoms with E-state index in [-0.39, 0.29) is 6.10 Å². The number of nitrogens with two attached hydrogens (primary N) is 1. The van der Waals surface area contributed by atoms with E-state index in [1.165, 1.54) is 0 Å². The highest BCUT2D eigenvalue weighted by Gasteiger charge is 2.18. The van der Waals surface area contributed by atoms with Gasteiger partial charge in [0, 0.05) is 31.0 Å². The third-order valence-electron chi connectivity index (χ3n) is 1.79. The molecule has 0 aromatic carbocycles. The van der Waals surface area contributed by atoms with Gasteiger partial charge in [0.2, 0.25) is 5.88 Å². The van der Waals surface area contributed by atoms with Crippen molar-refractivity contribution in [3.63, 3.8) is 0 Å². The highest BCUT2D eigenvalue weighted by atomic mass is 16.5. The number of pyridine rings is 1. The average molecular weight is 165 g/mol. The number of nitrogens with one attached hydrogen (secondary N) is 1. The van der Waals surface area contributed by atoms with Crippen LogP contribution in [-0.2, 0) is 0 Å². The van der Waals surface area contributed by atoms with Crippen LogP contribution in [0.15, 0.2) is 18.3 Å². The first-order valence-electron chi connectivity index (χ1n) is 3.93. The van der Waals surface area contributed by atoms with Crippen LogP contribution in [0.4, 0.5) is 5.69 Å². The molecule has 4 heteroatoms. The molecule has 0 unspecified atom stereocenters. The van der Waals surface area contributed by atoms with Crippen molar-refractivity contribution in [3.8, 4) is 5.88 Å². The summed E-state index contributed by atoms with van der Waals surface area (Å²) in [7, 11) is 0. The van der Waals surface area contributed by atoms with E-state index < -0.39 is 0 Å². The topological polar surface area (TPSA) is 60.2 Å². The SMILES string of the molecule is Nc1ccnc(OC2CNC2)c1. The minimum atomic E-state index is 0.263. The van der Waals surface area contributed by atoms with Crippen molar-refractivity contribution in [2.24, 2.45) is 0 Å². The molecule has 1 fully saturated rings. The lowest BCUT2D eigenvalue weighted by Gasteiger charge is -2.27. The fourth-order valence-corrected chi connectivity index (χ4v) is 1.01. The van der Waals surface area contributed by atoms with Gasteiger partial charge in [-0.25, -0.2) is 4.98 Å². The molecule has 4 nitrogen and oxygen atoms in total. The van der Waals surface area contributed by atoms with Crippen LogP contribution in [0.1, 0.15) is 0 Å². The Bertz CT molecular complexity index is 273. The number of nitrogen functional groups attached to an aromatic ring is 1. The summed E-state index contributed by atoms with van der Waals surface area (Å²) in [5.41, 5.74) is 6.25. The van der Waals surface area contributed by atoms with Gasteiger partial charge in [-0.15, -0.1) is 0 Å². The number of anilines is 1. The fourth-order valence-electron chi connectivity index (χ4n) is 1.01. The third-order valence-corrected chi connectivity index (χ3v) is 1.79. The second kappa shape index (κ2) is 2.98. The number of ether oxygens (including phenoxy) is 1. The van der Waals surface area contributed by atoms with Gasteiger partial charge in [-0.3, -0.25) is 0 Å². The van der Waals surface area contributed by atoms with Crippen molar-refractivity contribution in [2.45, 2.75) is 6.10 Å². The minimum Gasteiger partial charge on any atom is -0.472 e. The van der Waals surface area contributed by atoms with Crippen LogP contribution in [0.3, 0.4) is 0 Å². The molecule has 0 saturated carbocycles. The molecule has 1 aliphatic rings. The summed E-state index contributed by atoms with van der Waals surface area (Å²) in [5.74, 6) is 0.613. The van der Waals surface area contributed by atoms with Gasteiger partial charge in [-0.2, -0.15) is 0 Å². The Balaban J connectivity index is 2.02. The second-order valence-corrected chi connectivity index (χ2v) is 2.83. The molecule has 0 aliphatic carbocycles.